The Morgan fingerprint density at radius 1 is 0.974 bits per heavy atom. The summed E-state index contributed by atoms with van der Waals surface area (Å²) < 4.78 is 5.77. The molecule has 10 nitrogen and oxygen atoms in total. The molecule has 0 spiro atoms. The quantitative estimate of drug-likeness (QED) is 0.287. The van der Waals surface area contributed by atoms with E-state index in [9.17, 15) is 29.1 Å². The molecule has 4 atom stereocenters. The molecule has 2 aromatic rings. The first-order valence-electron chi connectivity index (χ1n) is 13.0. The van der Waals surface area contributed by atoms with Gasteiger partial charge in [0.25, 0.3) is 5.78 Å². The van der Waals surface area contributed by atoms with Gasteiger partial charge >= 0.3 is 12.1 Å². The Labute approximate surface area is 227 Å². The Hall–Kier alpha value is -4.21. The molecule has 208 valence electrons. The highest BCUT2D eigenvalue weighted by molar-refractivity contribution is 6.35. The van der Waals surface area contributed by atoms with E-state index in [1.807, 2.05) is 74.5 Å². The minimum absolute atomic E-state index is 0.0236. The Morgan fingerprint density at radius 2 is 1.62 bits per heavy atom. The summed E-state index contributed by atoms with van der Waals surface area (Å²) in [6, 6.07) is 16.3. The average molecular weight is 538 g/mol. The summed E-state index contributed by atoms with van der Waals surface area (Å²) in [5, 5.41) is 17.0. The van der Waals surface area contributed by atoms with Crippen LogP contribution < -0.4 is 16.0 Å². The Bertz CT molecular complexity index is 1150. The number of hydrogen-bond donors (Lipinski definition) is 4. The molecule has 0 bridgehead atoms. The van der Waals surface area contributed by atoms with E-state index in [1.165, 1.54) is 0 Å². The smallest absolute Gasteiger partial charge is 0.408 e. The summed E-state index contributed by atoms with van der Waals surface area (Å²) in [5.74, 6) is -4.57. The molecule has 1 saturated heterocycles. The number of alkyl carbamates (subject to hydrolysis) is 1. The summed E-state index contributed by atoms with van der Waals surface area (Å²) in [6.45, 7) is 4.14. The van der Waals surface area contributed by atoms with Crippen LogP contribution in [0.1, 0.15) is 50.3 Å². The molecule has 2 aromatic carbocycles. The van der Waals surface area contributed by atoms with Gasteiger partial charge in [0.1, 0.15) is 12.1 Å². The number of hydrogen-bond acceptors (Lipinski definition) is 6. The van der Waals surface area contributed by atoms with E-state index in [0.717, 1.165) is 11.1 Å². The van der Waals surface area contributed by atoms with Crippen molar-refractivity contribution in [3.05, 3.63) is 71.8 Å². The van der Waals surface area contributed by atoms with Crippen LogP contribution in [-0.2, 0) is 30.3 Å². The number of ketones is 1. The first-order valence-corrected chi connectivity index (χ1v) is 13.0. The second kappa shape index (κ2) is 14.1. The highest BCUT2D eigenvalue weighted by atomic mass is 16.6. The maximum atomic E-state index is 13.2. The molecule has 39 heavy (non-hydrogen) atoms. The van der Waals surface area contributed by atoms with Crippen molar-refractivity contribution in [2.24, 2.45) is 11.8 Å². The molecule has 1 aliphatic heterocycles. The topological polar surface area (TPSA) is 151 Å². The highest BCUT2D eigenvalue weighted by Crippen LogP contribution is 2.23. The Kier molecular flexibility index (Phi) is 10.6. The van der Waals surface area contributed by atoms with Gasteiger partial charge < -0.3 is 25.8 Å². The van der Waals surface area contributed by atoms with Crippen LogP contribution in [0.25, 0.3) is 0 Å². The van der Waals surface area contributed by atoms with Crippen LogP contribution in [0.4, 0.5) is 4.79 Å². The lowest BCUT2D eigenvalue weighted by Gasteiger charge is -2.25. The van der Waals surface area contributed by atoms with E-state index >= 15 is 0 Å². The standard InChI is InChI=1S/C29H35N3O7/c1-18(2)15-23(27(35)31-22(25(33)28(36)37)17-21-13-14-30-26(21)34)32-29(38)39-24(20-11-7-4-8-12-20)16-19-9-5-3-6-10-19/h3-12,18,21-24H,13-17H2,1-2H3,(H,30,34)(H,31,35)(H,32,38)(H,36,37)/t21?,22-,23-,24?/m0/s1. The lowest BCUT2D eigenvalue weighted by molar-refractivity contribution is -0.151. The second-order valence-electron chi connectivity index (χ2n) is 10.1. The van der Waals surface area contributed by atoms with Gasteiger partial charge in [-0.15, -0.1) is 0 Å². The van der Waals surface area contributed by atoms with Crippen LogP contribution in [0, 0.1) is 11.8 Å². The number of Topliss-reactive ketones (excluding diaryl/α,β-unsaturated/α-hetero) is 1. The van der Waals surface area contributed by atoms with Crippen LogP contribution in [-0.4, -0.2) is 53.4 Å². The molecule has 2 unspecified atom stereocenters. The third kappa shape index (κ3) is 8.94. The van der Waals surface area contributed by atoms with Gasteiger partial charge in [-0.2, -0.15) is 0 Å². The van der Waals surface area contributed by atoms with Crippen molar-refractivity contribution in [1.29, 1.82) is 0 Å². The summed E-state index contributed by atoms with van der Waals surface area (Å²) in [4.78, 5) is 62.0. The van der Waals surface area contributed by atoms with Crippen LogP contribution in [0.15, 0.2) is 60.7 Å². The van der Waals surface area contributed by atoms with Crippen molar-refractivity contribution >= 4 is 29.7 Å². The van der Waals surface area contributed by atoms with E-state index < -0.39 is 47.9 Å². The monoisotopic (exact) mass is 537 g/mol. The second-order valence-corrected chi connectivity index (χ2v) is 10.1. The van der Waals surface area contributed by atoms with Gasteiger partial charge in [0, 0.05) is 18.9 Å². The molecule has 10 heteroatoms. The van der Waals surface area contributed by atoms with Crippen LogP contribution >= 0.6 is 0 Å². The van der Waals surface area contributed by atoms with Crippen molar-refractivity contribution in [3.63, 3.8) is 0 Å². The molecule has 0 saturated carbocycles. The zero-order valence-electron chi connectivity index (χ0n) is 22.1. The first kappa shape index (κ1) is 29.3. The first-order chi connectivity index (χ1) is 18.6. The fourth-order valence-corrected chi connectivity index (χ4v) is 4.54. The molecular weight excluding hydrogens is 502 g/mol. The fraction of sp³-hybridized carbons (Fsp3) is 0.414. The molecule has 1 aliphatic rings. The highest BCUT2D eigenvalue weighted by Gasteiger charge is 2.35. The predicted octanol–water partition coefficient (Wildman–Crippen LogP) is 2.78. The number of ether oxygens (including phenoxy) is 1. The third-order valence-electron chi connectivity index (χ3n) is 6.53. The molecule has 0 aromatic heterocycles. The molecule has 1 heterocycles. The van der Waals surface area contributed by atoms with Crippen molar-refractivity contribution in [1.82, 2.24) is 16.0 Å². The number of amides is 3. The minimum Gasteiger partial charge on any atom is -0.475 e. The molecule has 3 amide bonds. The Morgan fingerprint density at radius 3 is 2.18 bits per heavy atom. The van der Waals surface area contributed by atoms with Crippen LogP contribution in [0.2, 0.25) is 0 Å². The van der Waals surface area contributed by atoms with Gasteiger partial charge in [-0.25, -0.2) is 9.59 Å². The van der Waals surface area contributed by atoms with Gasteiger partial charge in [-0.1, -0.05) is 74.5 Å². The molecule has 1 fully saturated rings. The van der Waals surface area contributed by atoms with E-state index in [-0.39, 0.29) is 24.7 Å². The number of carbonyl (C=O) groups is 5. The zero-order chi connectivity index (χ0) is 28.4. The van der Waals surface area contributed by atoms with Crippen molar-refractivity contribution in [2.45, 2.75) is 57.7 Å². The third-order valence-corrected chi connectivity index (χ3v) is 6.53. The van der Waals surface area contributed by atoms with Crippen molar-refractivity contribution < 1.29 is 33.8 Å². The Balaban J connectivity index is 1.73. The fourth-order valence-electron chi connectivity index (χ4n) is 4.54. The van der Waals surface area contributed by atoms with E-state index in [1.54, 1.807) is 0 Å². The van der Waals surface area contributed by atoms with Crippen molar-refractivity contribution in [2.75, 3.05) is 6.54 Å². The van der Waals surface area contributed by atoms with Gasteiger partial charge in [0.05, 0.1) is 6.04 Å². The number of nitrogens with one attached hydrogen (secondary N) is 3. The summed E-state index contributed by atoms with van der Waals surface area (Å²) in [6.07, 6.45) is -0.531. The lowest BCUT2D eigenvalue weighted by Crippen LogP contribution is -2.53. The van der Waals surface area contributed by atoms with Crippen LogP contribution in [0.5, 0.6) is 0 Å². The molecular formula is C29H35N3O7. The van der Waals surface area contributed by atoms with Gasteiger partial charge in [0.15, 0.2) is 0 Å². The minimum atomic E-state index is -1.71. The summed E-state index contributed by atoms with van der Waals surface area (Å²) >= 11 is 0. The number of carboxylic acid groups (broad SMARTS) is 1. The number of aliphatic carboxylic acids is 1. The maximum Gasteiger partial charge on any atom is 0.408 e. The average Bonchev–Trinajstić information content (AvgIpc) is 3.31. The van der Waals surface area contributed by atoms with E-state index in [0.29, 0.717) is 19.4 Å². The normalized spacial score (nSPS) is 17.0. The van der Waals surface area contributed by atoms with Crippen molar-refractivity contribution in [3.8, 4) is 0 Å². The van der Waals surface area contributed by atoms with E-state index in [4.69, 9.17) is 4.74 Å². The summed E-state index contributed by atoms with van der Waals surface area (Å²) in [5.41, 5.74) is 1.74. The largest absolute Gasteiger partial charge is 0.475 e. The van der Waals surface area contributed by atoms with E-state index in [2.05, 4.69) is 16.0 Å². The number of carbonyl (C=O) groups excluding carboxylic acids is 4. The zero-order valence-corrected chi connectivity index (χ0v) is 22.1. The lowest BCUT2D eigenvalue weighted by atomic mass is 9.95. The number of rotatable bonds is 13. The molecule has 0 aliphatic carbocycles. The number of carboxylic acids is 1. The molecule has 3 rings (SSSR count). The SMILES string of the molecule is CC(C)C[C@H](NC(=O)OC(Cc1ccccc1)c1ccccc1)C(=O)N[C@@H](CC1CCNC1=O)C(=O)C(=O)O. The molecule has 4 N–H and O–H groups in total. The maximum absolute atomic E-state index is 13.2. The molecule has 0 radical (unpaired) electrons. The summed E-state index contributed by atoms with van der Waals surface area (Å²) in [7, 11) is 0. The van der Waals surface area contributed by atoms with Gasteiger partial charge in [-0.3, -0.25) is 14.4 Å². The van der Waals surface area contributed by atoms with Gasteiger partial charge in [-0.05, 0) is 36.3 Å². The number of benzene rings is 2. The van der Waals surface area contributed by atoms with Crippen LogP contribution in [0.3, 0.4) is 0 Å². The van der Waals surface area contributed by atoms with Gasteiger partial charge in [0.2, 0.25) is 11.8 Å². The predicted molar refractivity (Wildman–Crippen MR) is 142 cm³/mol.